The lowest BCUT2D eigenvalue weighted by Gasteiger charge is -2.22. The first-order valence-electron chi connectivity index (χ1n) is 6.71. The maximum atomic E-state index is 11.9. The quantitative estimate of drug-likeness (QED) is 0.840. The maximum Gasteiger partial charge on any atom is 0.224 e. The molecular formula is C15H22N2O2. The average Bonchev–Trinajstić information content (AvgIpc) is 2.84. The predicted octanol–water partition coefficient (Wildman–Crippen LogP) is 1.27. The van der Waals surface area contributed by atoms with Crippen LogP contribution in [0.4, 0.5) is 0 Å². The van der Waals surface area contributed by atoms with Crippen LogP contribution in [0.15, 0.2) is 18.2 Å². The molecule has 1 aromatic rings. The zero-order valence-electron chi connectivity index (χ0n) is 11.7. The summed E-state index contributed by atoms with van der Waals surface area (Å²) in [6, 6.07) is 5.97. The second-order valence-electron chi connectivity index (χ2n) is 5.86. The van der Waals surface area contributed by atoms with Gasteiger partial charge in [0.25, 0.3) is 0 Å². The summed E-state index contributed by atoms with van der Waals surface area (Å²) >= 11 is 0. The Hall–Kier alpha value is -1.55. The Morgan fingerprint density at radius 1 is 1.47 bits per heavy atom. The predicted molar refractivity (Wildman–Crippen MR) is 75.2 cm³/mol. The fourth-order valence-electron chi connectivity index (χ4n) is 2.01. The lowest BCUT2D eigenvalue weighted by molar-refractivity contribution is -0.120. The van der Waals surface area contributed by atoms with E-state index in [2.05, 4.69) is 11.4 Å². The van der Waals surface area contributed by atoms with Gasteiger partial charge in [0.05, 0.1) is 13.0 Å². The van der Waals surface area contributed by atoms with Gasteiger partial charge < -0.3 is 15.8 Å². The van der Waals surface area contributed by atoms with Crippen LogP contribution >= 0.6 is 0 Å². The summed E-state index contributed by atoms with van der Waals surface area (Å²) < 4.78 is 5.45. The first-order chi connectivity index (χ1) is 9.00. The smallest absolute Gasteiger partial charge is 0.224 e. The first kappa shape index (κ1) is 13.9. The van der Waals surface area contributed by atoms with Gasteiger partial charge in [-0.3, -0.25) is 4.79 Å². The van der Waals surface area contributed by atoms with Gasteiger partial charge >= 0.3 is 0 Å². The summed E-state index contributed by atoms with van der Waals surface area (Å²) in [6.07, 6.45) is 1.35. The number of nitrogens with one attached hydrogen (secondary N) is 1. The van der Waals surface area contributed by atoms with Crippen LogP contribution in [0.5, 0.6) is 5.75 Å². The van der Waals surface area contributed by atoms with Crippen molar-refractivity contribution in [2.24, 2.45) is 11.1 Å². The van der Waals surface area contributed by atoms with Gasteiger partial charge in [-0.05, 0) is 29.2 Å². The van der Waals surface area contributed by atoms with Crippen LogP contribution in [-0.4, -0.2) is 25.6 Å². The Bertz CT molecular complexity index is 469. The zero-order valence-corrected chi connectivity index (χ0v) is 11.7. The highest BCUT2D eigenvalue weighted by atomic mass is 16.5. The van der Waals surface area contributed by atoms with Gasteiger partial charge in [0.2, 0.25) is 5.91 Å². The number of carbonyl (C=O) groups is 1. The molecule has 0 aromatic heterocycles. The monoisotopic (exact) mass is 262 g/mol. The molecule has 0 spiro atoms. The summed E-state index contributed by atoms with van der Waals surface area (Å²) in [7, 11) is 0. The second-order valence-corrected chi connectivity index (χ2v) is 5.86. The number of hydrogen-bond acceptors (Lipinski definition) is 3. The number of amides is 1. The molecule has 4 heteroatoms. The van der Waals surface area contributed by atoms with Gasteiger partial charge in [0.1, 0.15) is 5.75 Å². The molecule has 0 atom stereocenters. The molecule has 4 nitrogen and oxygen atoms in total. The molecule has 0 unspecified atom stereocenters. The summed E-state index contributed by atoms with van der Waals surface area (Å²) in [4.78, 5) is 11.9. The summed E-state index contributed by atoms with van der Waals surface area (Å²) in [5.41, 5.74) is 7.82. The number of fused-ring (bicyclic) bond motifs is 1. The molecule has 1 heterocycles. The van der Waals surface area contributed by atoms with E-state index < -0.39 is 0 Å². The van der Waals surface area contributed by atoms with Crippen LogP contribution in [0.3, 0.4) is 0 Å². The van der Waals surface area contributed by atoms with Crippen molar-refractivity contribution in [1.82, 2.24) is 5.32 Å². The third kappa shape index (κ3) is 3.70. The molecule has 104 valence electrons. The molecule has 0 radical (unpaired) electrons. The van der Waals surface area contributed by atoms with Crippen LogP contribution in [0, 0.1) is 5.41 Å². The SMILES string of the molecule is CC(C)(CN)CNC(=O)Cc1ccc2c(c1)CCO2. The lowest BCUT2D eigenvalue weighted by atomic mass is 9.94. The van der Waals surface area contributed by atoms with Crippen molar-refractivity contribution in [3.8, 4) is 5.75 Å². The molecular weight excluding hydrogens is 240 g/mol. The van der Waals surface area contributed by atoms with E-state index in [0.29, 0.717) is 19.5 Å². The van der Waals surface area contributed by atoms with E-state index in [4.69, 9.17) is 10.5 Å². The van der Waals surface area contributed by atoms with Gasteiger partial charge in [-0.25, -0.2) is 0 Å². The van der Waals surface area contributed by atoms with Gasteiger partial charge in [0.15, 0.2) is 0 Å². The number of nitrogens with two attached hydrogens (primary N) is 1. The topological polar surface area (TPSA) is 64.3 Å². The molecule has 0 saturated heterocycles. The Morgan fingerprint density at radius 3 is 3.00 bits per heavy atom. The number of rotatable bonds is 5. The standard InChI is InChI=1S/C15H22N2O2/c1-15(2,9-16)10-17-14(18)8-11-3-4-13-12(7-11)5-6-19-13/h3-4,7H,5-6,8-10,16H2,1-2H3,(H,17,18). The third-order valence-electron chi connectivity index (χ3n) is 3.44. The lowest BCUT2D eigenvalue weighted by Crippen LogP contribution is -2.39. The fourth-order valence-corrected chi connectivity index (χ4v) is 2.01. The summed E-state index contributed by atoms with van der Waals surface area (Å²) in [6.45, 7) is 6.00. The minimum absolute atomic E-state index is 0.0420. The molecule has 0 bridgehead atoms. The highest BCUT2D eigenvalue weighted by molar-refractivity contribution is 5.78. The van der Waals surface area contributed by atoms with E-state index in [9.17, 15) is 4.79 Å². The molecule has 19 heavy (non-hydrogen) atoms. The normalized spacial score (nSPS) is 13.8. The van der Waals surface area contributed by atoms with Crippen molar-refractivity contribution in [2.75, 3.05) is 19.7 Å². The van der Waals surface area contributed by atoms with E-state index in [1.807, 2.05) is 26.0 Å². The number of ether oxygens (including phenoxy) is 1. The zero-order chi connectivity index (χ0) is 13.9. The molecule has 0 fully saturated rings. The van der Waals surface area contributed by atoms with E-state index in [-0.39, 0.29) is 11.3 Å². The third-order valence-corrected chi connectivity index (χ3v) is 3.44. The van der Waals surface area contributed by atoms with Gasteiger partial charge in [0, 0.05) is 13.0 Å². The molecule has 1 aliphatic heterocycles. The molecule has 0 aliphatic carbocycles. The summed E-state index contributed by atoms with van der Waals surface area (Å²) in [5, 5.41) is 2.94. The van der Waals surface area contributed by atoms with Crippen molar-refractivity contribution < 1.29 is 9.53 Å². The number of benzene rings is 1. The Morgan fingerprint density at radius 2 is 2.26 bits per heavy atom. The highest BCUT2D eigenvalue weighted by Gasteiger charge is 2.17. The van der Waals surface area contributed by atoms with E-state index in [0.717, 1.165) is 24.3 Å². The van der Waals surface area contributed by atoms with Crippen molar-refractivity contribution in [3.05, 3.63) is 29.3 Å². The minimum atomic E-state index is -0.0541. The Kier molecular flexibility index (Phi) is 4.10. The Balaban J connectivity index is 1.89. The number of hydrogen-bond donors (Lipinski definition) is 2. The maximum absolute atomic E-state index is 11.9. The van der Waals surface area contributed by atoms with Gasteiger partial charge in [-0.1, -0.05) is 26.0 Å². The van der Waals surface area contributed by atoms with E-state index in [1.165, 1.54) is 5.56 Å². The van der Waals surface area contributed by atoms with Crippen LogP contribution in [0.25, 0.3) is 0 Å². The highest BCUT2D eigenvalue weighted by Crippen LogP contribution is 2.25. The average molecular weight is 262 g/mol. The van der Waals surface area contributed by atoms with Crippen molar-refractivity contribution >= 4 is 5.91 Å². The Labute approximate surface area is 114 Å². The summed E-state index contributed by atoms with van der Waals surface area (Å²) in [5.74, 6) is 0.994. The largest absolute Gasteiger partial charge is 0.493 e. The number of carbonyl (C=O) groups excluding carboxylic acids is 1. The van der Waals surface area contributed by atoms with E-state index >= 15 is 0 Å². The van der Waals surface area contributed by atoms with Crippen LogP contribution < -0.4 is 15.8 Å². The van der Waals surface area contributed by atoms with Crippen LogP contribution in [-0.2, 0) is 17.6 Å². The second kappa shape index (κ2) is 5.61. The first-order valence-corrected chi connectivity index (χ1v) is 6.71. The van der Waals surface area contributed by atoms with Gasteiger partial charge in [-0.15, -0.1) is 0 Å². The van der Waals surface area contributed by atoms with Crippen LogP contribution in [0.2, 0.25) is 0 Å². The van der Waals surface area contributed by atoms with Gasteiger partial charge in [-0.2, -0.15) is 0 Å². The van der Waals surface area contributed by atoms with Crippen LogP contribution in [0.1, 0.15) is 25.0 Å². The molecule has 1 amide bonds. The van der Waals surface area contributed by atoms with Crippen molar-refractivity contribution in [2.45, 2.75) is 26.7 Å². The van der Waals surface area contributed by atoms with Crippen molar-refractivity contribution in [1.29, 1.82) is 0 Å². The molecule has 2 rings (SSSR count). The molecule has 1 aliphatic rings. The molecule has 1 aromatic carbocycles. The fraction of sp³-hybridized carbons (Fsp3) is 0.533. The minimum Gasteiger partial charge on any atom is -0.493 e. The van der Waals surface area contributed by atoms with Crippen molar-refractivity contribution in [3.63, 3.8) is 0 Å². The molecule has 3 N–H and O–H groups in total. The molecule has 0 saturated carbocycles. The van der Waals surface area contributed by atoms with E-state index in [1.54, 1.807) is 0 Å².